The van der Waals surface area contributed by atoms with E-state index in [0.717, 1.165) is 16.7 Å². The molecule has 208 valence electrons. The number of rotatable bonds is 7. The lowest BCUT2D eigenvalue weighted by molar-refractivity contribution is -0.101. The summed E-state index contributed by atoms with van der Waals surface area (Å²) in [5, 5.41) is 18.1. The highest BCUT2D eigenvalue weighted by atomic mass is 16.6. The van der Waals surface area contributed by atoms with E-state index in [0.29, 0.717) is 30.8 Å². The zero-order chi connectivity index (χ0) is 28.6. The zero-order valence-electron chi connectivity index (χ0n) is 24.0. The number of amides is 2. The van der Waals surface area contributed by atoms with E-state index in [1.165, 1.54) is 0 Å². The summed E-state index contributed by atoms with van der Waals surface area (Å²) in [4.78, 5) is 27.7. The van der Waals surface area contributed by atoms with Crippen LogP contribution in [0.5, 0.6) is 0 Å². The molecule has 1 aliphatic heterocycles. The Morgan fingerprint density at radius 1 is 1.10 bits per heavy atom. The van der Waals surface area contributed by atoms with Crippen LogP contribution in [0.15, 0.2) is 60.7 Å². The van der Waals surface area contributed by atoms with Crippen molar-refractivity contribution in [2.45, 2.75) is 77.2 Å². The van der Waals surface area contributed by atoms with E-state index in [1.54, 1.807) is 36.5 Å². The number of nitrogens with one attached hydrogen (secondary N) is 1. The Balaban J connectivity index is 1.50. The van der Waals surface area contributed by atoms with Crippen LogP contribution in [-0.4, -0.2) is 49.5 Å². The van der Waals surface area contributed by atoms with Gasteiger partial charge in [-0.25, -0.2) is 4.79 Å². The molecule has 2 amide bonds. The average molecular weight is 533 g/mol. The van der Waals surface area contributed by atoms with Crippen molar-refractivity contribution in [2.75, 3.05) is 6.54 Å². The Hall–Kier alpha value is -3.65. The van der Waals surface area contributed by atoms with Crippen LogP contribution in [0, 0.1) is 0 Å². The molecule has 0 aliphatic carbocycles. The van der Waals surface area contributed by atoms with Crippen LogP contribution in [0.3, 0.4) is 0 Å². The number of benzene rings is 2. The highest BCUT2D eigenvalue weighted by Crippen LogP contribution is 2.42. The molecule has 0 saturated carbocycles. The minimum absolute atomic E-state index is 0.172. The van der Waals surface area contributed by atoms with Gasteiger partial charge >= 0.3 is 6.09 Å². The van der Waals surface area contributed by atoms with Gasteiger partial charge in [-0.15, -0.1) is 0 Å². The summed E-state index contributed by atoms with van der Waals surface area (Å²) in [6, 6.07) is 19.1. The number of aromatic nitrogens is 2. The standard InChI is InChI=1S/C31H40N4O4/c1-21(35-18-17-31(39-28(35)37,20-30(5,6)38)24-11-9-8-10-12-24)22-13-15-23(16-14-22)25-19-26(34(7)33-25)27(36)32-29(2,3)4/h8-16,19,21,38H,17-18,20H2,1-7H3,(H,32,36)/t21-,31-/m0/s1. The van der Waals surface area contributed by atoms with E-state index in [2.05, 4.69) is 10.4 Å². The summed E-state index contributed by atoms with van der Waals surface area (Å²) in [7, 11) is 1.76. The van der Waals surface area contributed by atoms with Gasteiger partial charge in [0.15, 0.2) is 0 Å². The van der Waals surface area contributed by atoms with Gasteiger partial charge in [-0.1, -0.05) is 54.6 Å². The fourth-order valence-electron chi connectivity index (χ4n) is 5.23. The summed E-state index contributed by atoms with van der Waals surface area (Å²) in [5.74, 6) is -0.172. The molecule has 0 spiro atoms. The molecule has 1 saturated heterocycles. The number of cyclic esters (lactones) is 1. The maximum Gasteiger partial charge on any atom is 0.411 e. The van der Waals surface area contributed by atoms with Crippen molar-refractivity contribution < 1.29 is 19.4 Å². The molecule has 2 atom stereocenters. The molecule has 4 rings (SSSR count). The second-order valence-electron chi connectivity index (χ2n) is 12.2. The fraction of sp³-hybridized carbons (Fsp3) is 0.452. The lowest BCUT2D eigenvalue weighted by Gasteiger charge is -2.45. The second kappa shape index (κ2) is 10.5. The smallest absolute Gasteiger partial charge is 0.411 e. The molecular formula is C31H40N4O4. The summed E-state index contributed by atoms with van der Waals surface area (Å²) in [5.41, 5.74) is 1.70. The third kappa shape index (κ3) is 6.50. The van der Waals surface area contributed by atoms with Gasteiger partial charge in [0.25, 0.3) is 5.91 Å². The van der Waals surface area contributed by atoms with E-state index >= 15 is 0 Å². The van der Waals surface area contributed by atoms with Crippen LogP contribution in [0.25, 0.3) is 11.3 Å². The van der Waals surface area contributed by atoms with E-state index in [9.17, 15) is 14.7 Å². The van der Waals surface area contributed by atoms with Gasteiger partial charge in [0.2, 0.25) is 0 Å². The van der Waals surface area contributed by atoms with Crippen LogP contribution in [-0.2, 0) is 17.4 Å². The van der Waals surface area contributed by atoms with Gasteiger partial charge in [-0.3, -0.25) is 9.48 Å². The molecular weight excluding hydrogens is 492 g/mol. The average Bonchev–Trinajstić information content (AvgIpc) is 3.24. The normalized spacial score (nSPS) is 19.0. The van der Waals surface area contributed by atoms with Crippen molar-refractivity contribution >= 4 is 12.0 Å². The zero-order valence-corrected chi connectivity index (χ0v) is 24.0. The summed E-state index contributed by atoms with van der Waals surface area (Å²) >= 11 is 0. The first-order valence-corrected chi connectivity index (χ1v) is 13.4. The SMILES string of the molecule is C[C@@H](c1ccc(-c2cc(C(=O)NC(C)(C)C)n(C)n2)cc1)N1CC[C@](CC(C)(C)O)(c2ccccc2)OC1=O. The van der Waals surface area contributed by atoms with Crippen LogP contribution in [0.2, 0.25) is 0 Å². The first-order chi connectivity index (χ1) is 18.2. The molecule has 0 unspecified atom stereocenters. The van der Waals surface area contributed by atoms with Crippen LogP contribution in [0.1, 0.15) is 82.0 Å². The van der Waals surface area contributed by atoms with Gasteiger partial charge < -0.3 is 20.1 Å². The minimum Gasteiger partial charge on any atom is -0.438 e. The lowest BCUT2D eigenvalue weighted by atomic mass is 9.80. The second-order valence-corrected chi connectivity index (χ2v) is 12.2. The summed E-state index contributed by atoms with van der Waals surface area (Å²) < 4.78 is 7.72. The molecule has 1 fully saturated rings. The molecule has 3 aromatic rings. The molecule has 2 heterocycles. The van der Waals surface area contributed by atoms with Crippen molar-refractivity contribution in [3.63, 3.8) is 0 Å². The summed E-state index contributed by atoms with van der Waals surface area (Å²) in [6.45, 7) is 11.8. The minimum atomic E-state index is -1.00. The van der Waals surface area contributed by atoms with Gasteiger partial charge in [0, 0.05) is 37.5 Å². The molecule has 8 nitrogen and oxygen atoms in total. The molecule has 1 aromatic heterocycles. The van der Waals surface area contributed by atoms with Crippen molar-refractivity contribution in [3.8, 4) is 11.3 Å². The predicted molar refractivity (Wildman–Crippen MR) is 151 cm³/mol. The summed E-state index contributed by atoms with van der Waals surface area (Å²) in [6.07, 6.45) is 0.486. The fourth-order valence-corrected chi connectivity index (χ4v) is 5.23. The molecule has 39 heavy (non-hydrogen) atoms. The Labute approximate surface area is 231 Å². The van der Waals surface area contributed by atoms with Gasteiger partial charge in [0.1, 0.15) is 11.3 Å². The highest BCUT2D eigenvalue weighted by molar-refractivity contribution is 5.94. The van der Waals surface area contributed by atoms with Crippen molar-refractivity contribution in [2.24, 2.45) is 7.05 Å². The lowest BCUT2D eigenvalue weighted by Crippen LogP contribution is -2.51. The number of aliphatic hydroxyl groups is 1. The third-order valence-corrected chi connectivity index (χ3v) is 7.05. The maximum atomic E-state index is 13.3. The first kappa shape index (κ1) is 28.4. The van der Waals surface area contributed by atoms with Gasteiger partial charge in [-0.2, -0.15) is 5.10 Å². The van der Waals surface area contributed by atoms with E-state index in [1.807, 2.05) is 82.3 Å². The first-order valence-electron chi connectivity index (χ1n) is 13.4. The van der Waals surface area contributed by atoms with Crippen molar-refractivity contribution in [1.29, 1.82) is 0 Å². The van der Waals surface area contributed by atoms with Gasteiger partial charge in [-0.05, 0) is 58.7 Å². The number of carbonyl (C=O) groups excluding carboxylic acids is 2. The van der Waals surface area contributed by atoms with Crippen molar-refractivity contribution in [3.05, 3.63) is 77.5 Å². The van der Waals surface area contributed by atoms with Crippen LogP contribution in [0.4, 0.5) is 4.79 Å². The molecule has 2 N–H and O–H groups in total. The van der Waals surface area contributed by atoms with Crippen molar-refractivity contribution in [1.82, 2.24) is 20.0 Å². The van der Waals surface area contributed by atoms with E-state index in [-0.39, 0.29) is 17.5 Å². The van der Waals surface area contributed by atoms with Crippen LogP contribution < -0.4 is 5.32 Å². The number of aryl methyl sites for hydroxylation is 1. The van der Waals surface area contributed by atoms with Gasteiger partial charge in [0.05, 0.1) is 17.3 Å². The largest absolute Gasteiger partial charge is 0.438 e. The van der Waals surface area contributed by atoms with E-state index < -0.39 is 17.3 Å². The number of hydrogen-bond acceptors (Lipinski definition) is 5. The Kier molecular flexibility index (Phi) is 7.63. The number of ether oxygens (including phenoxy) is 1. The third-order valence-electron chi connectivity index (χ3n) is 7.05. The van der Waals surface area contributed by atoms with E-state index in [4.69, 9.17) is 4.74 Å². The number of hydrogen-bond donors (Lipinski definition) is 2. The maximum absolute atomic E-state index is 13.3. The topological polar surface area (TPSA) is 96.7 Å². The Bertz CT molecular complexity index is 1320. The highest BCUT2D eigenvalue weighted by Gasteiger charge is 2.46. The Morgan fingerprint density at radius 2 is 1.74 bits per heavy atom. The Morgan fingerprint density at radius 3 is 2.31 bits per heavy atom. The predicted octanol–water partition coefficient (Wildman–Crippen LogP) is 5.58. The quantitative estimate of drug-likeness (QED) is 0.414. The molecule has 2 aromatic carbocycles. The molecule has 0 bridgehead atoms. The molecule has 1 aliphatic rings. The monoisotopic (exact) mass is 532 g/mol. The molecule has 0 radical (unpaired) electrons. The number of nitrogens with zero attached hydrogens (tertiary/aromatic N) is 3. The van der Waals surface area contributed by atoms with Crippen LogP contribution >= 0.6 is 0 Å². The number of carbonyl (C=O) groups is 2. The molecule has 8 heteroatoms.